The molecule has 0 aromatic heterocycles. The summed E-state index contributed by atoms with van der Waals surface area (Å²) in [7, 11) is 2.03. The summed E-state index contributed by atoms with van der Waals surface area (Å²) in [5.41, 5.74) is 0.618. The van der Waals surface area contributed by atoms with Crippen molar-refractivity contribution in [2.45, 2.75) is 25.4 Å². The number of ether oxygens (including phenoxy) is 1. The van der Waals surface area contributed by atoms with Crippen LogP contribution in [-0.2, 0) is 0 Å². The molecule has 0 saturated heterocycles. The Morgan fingerprint density at radius 3 is 3.00 bits per heavy atom. The highest BCUT2D eigenvalue weighted by atomic mass is 16.5. The highest BCUT2D eigenvalue weighted by Gasteiger charge is 2.30. The fourth-order valence-electron chi connectivity index (χ4n) is 2.22. The molecule has 1 aromatic rings. The second-order valence-corrected chi connectivity index (χ2v) is 5.51. The van der Waals surface area contributed by atoms with Crippen LogP contribution in [0.4, 0.5) is 0 Å². The highest BCUT2D eigenvalue weighted by Crippen LogP contribution is 2.32. The average molecular weight is 274 g/mol. The van der Waals surface area contributed by atoms with E-state index < -0.39 is 0 Å². The molecule has 1 aliphatic carbocycles. The first-order valence-electron chi connectivity index (χ1n) is 7.18. The Balaban J connectivity index is 1.61. The minimum atomic E-state index is -0.173. The van der Waals surface area contributed by atoms with Gasteiger partial charge in [0, 0.05) is 13.1 Å². The van der Waals surface area contributed by atoms with Crippen molar-refractivity contribution < 1.29 is 9.84 Å². The van der Waals surface area contributed by atoms with Gasteiger partial charge in [-0.25, -0.2) is 0 Å². The summed E-state index contributed by atoms with van der Waals surface area (Å²) in [5.74, 6) is 1.27. The molecule has 1 fully saturated rings. The smallest absolute Gasteiger partial charge is 0.120 e. The number of hydrogen-bond acceptors (Lipinski definition) is 4. The van der Waals surface area contributed by atoms with Crippen LogP contribution in [0.15, 0.2) is 24.3 Å². The minimum absolute atomic E-state index is 0.173. The van der Waals surface area contributed by atoms with Crippen LogP contribution < -0.4 is 4.74 Å². The zero-order valence-electron chi connectivity index (χ0n) is 12.0. The Kier molecular flexibility index (Phi) is 5.40. The quantitative estimate of drug-likeness (QED) is 0.737. The lowest BCUT2D eigenvalue weighted by Gasteiger charge is -2.20. The Morgan fingerprint density at radius 2 is 2.30 bits per heavy atom. The fourth-order valence-corrected chi connectivity index (χ4v) is 2.22. The lowest BCUT2D eigenvalue weighted by molar-refractivity contribution is 0.104. The van der Waals surface area contributed by atoms with E-state index in [2.05, 4.69) is 11.0 Å². The van der Waals surface area contributed by atoms with Crippen molar-refractivity contribution in [1.29, 1.82) is 5.26 Å². The van der Waals surface area contributed by atoms with Gasteiger partial charge in [-0.05, 0) is 50.4 Å². The van der Waals surface area contributed by atoms with E-state index in [1.165, 1.54) is 12.8 Å². The van der Waals surface area contributed by atoms with Gasteiger partial charge < -0.3 is 14.7 Å². The van der Waals surface area contributed by atoms with Crippen LogP contribution in [-0.4, -0.2) is 42.9 Å². The van der Waals surface area contributed by atoms with E-state index in [4.69, 9.17) is 10.00 Å². The molecule has 0 spiro atoms. The van der Waals surface area contributed by atoms with E-state index in [0.717, 1.165) is 25.3 Å². The molecule has 2 rings (SSSR count). The Morgan fingerprint density at radius 1 is 1.50 bits per heavy atom. The van der Waals surface area contributed by atoms with Crippen LogP contribution in [0, 0.1) is 17.2 Å². The van der Waals surface area contributed by atoms with Crippen LogP contribution in [0.2, 0.25) is 0 Å². The van der Waals surface area contributed by atoms with Gasteiger partial charge in [-0.15, -0.1) is 0 Å². The average Bonchev–Trinajstić information content (AvgIpc) is 3.28. The first-order chi connectivity index (χ1) is 9.69. The first kappa shape index (κ1) is 14.8. The van der Waals surface area contributed by atoms with Crippen LogP contribution in [0.1, 0.15) is 24.8 Å². The predicted octanol–water partition coefficient (Wildman–Crippen LogP) is 2.03. The minimum Gasteiger partial charge on any atom is -0.494 e. The van der Waals surface area contributed by atoms with Crippen molar-refractivity contribution in [3.8, 4) is 11.8 Å². The molecule has 0 heterocycles. The SMILES string of the molecule is CN(CCCOc1cccc(C#N)c1)CC(O)C1CC1. The summed E-state index contributed by atoms with van der Waals surface area (Å²) < 4.78 is 5.62. The molecule has 20 heavy (non-hydrogen) atoms. The van der Waals surface area contributed by atoms with Gasteiger partial charge in [0.25, 0.3) is 0 Å². The summed E-state index contributed by atoms with van der Waals surface area (Å²) >= 11 is 0. The Hall–Kier alpha value is -1.57. The monoisotopic (exact) mass is 274 g/mol. The van der Waals surface area contributed by atoms with Crippen molar-refractivity contribution in [3.63, 3.8) is 0 Å². The normalized spacial score (nSPS) is 15.9. The molecule has 1 saturated carbocycles. The van der Waals surface area contributed by atoms with Crippen molar-refractivity contribution in [2.24, 2.45) is 5.92 Å². The third-order valence-electron chi connectivity index (χ3n) is 3.58. The zero-order chi connectivity index (χ0) is 14.4. The number of hydrogen-bond donors (Lipinski definition) is 1. The predicted molar refractivity (Wildman–Crippen MR) is 77.5 cm³/mol. The van der Waals surface area contributed by atoms with Gasteiger partial charge in [0.05, 0.1) is 24.3 Å². The van der Waals surface area contributed by atoms with Crippen LogP contribution in [0.25, 0.3) is 0 Å². The molecule has 0 aliphatic heterocycles. The van der Waals surface area contributed by atoms with Crippen molar-refractivity contribution in [3.05, 3.63) is 29.8 Å². The van der Waals surface area contributed by atoms with Gasteiger partial charge in [0.15, 0.2) is 0 Å². The van der Waals surface area contributed by atoms with E-state index >= 15 is 0 Å². The molecule has 0 amide bonds. The molecule has 4 nitrogen and oxygen atoms in total. The largest absolute Gasteiger partial charge is 0.494 e. The lowest BCUT2D eigenvalue weighted by atomic mass is 10.2. The lowest BCUT2D eigenvalue weighted by Crippen LogP contribution is -2.31. The standard InChI is InChI=1S/C16H22N2O2/c1-18(12-16(19)14-6-7-14)8-3-9-20-15-5-2-4-13(10-15)11-17/h2,4-5,10,14,16,19H,3,6-9,12H2,1H3. The molecule has 4 heteroatoms. The van der Waals surface area contributed by atoms with Crippen molar-refractivity contribution in [1.82, 2.24) is 4.90 Å². The fraction of sp³-hybridized carbons (Fsp3) is 0.562. The van der Waals surface area contributed by atoms with Gasteiger partial charge >= 0.3 is 0 Å². The highest BCUT2D eigenvalue weighted by molar-refractivity contribution is 5.36. The van der Waals surface area contributed by atoms with Gasteiger partial charge in [-0.1, -0.05) is 6.07 Å². The van der Waals surface area contributed by atoms with E-state index in [0.29, 0.717) is 18.1 Å². The summed E-state index contributed by atoms with van der Waals surface area (Å²) in [5, 5.41) is 18.7. The maximum absolute atomic E-state index is 9.85. The second-order valence-electron chi connectivity index (χ2n) is 5.51. The Bertz CT molecular complexity index is 466. The first-order valence-corrected chi connectivity index (χ1v) is 7.18. The molecule has 0 bridgehead atoms. The molecule has 1 atom stereocenters. The van der Waals surface area contributed by atoms with Gasteiger partial charge in [-0.2, -0.15) is 5.26 Å². The van der Waals surface area contributed by atoms with Crippen molar-refractivity contribution >= 4 is 0 Å². The van der Waals surface area contributed by atoms with Gasteiger partial charge in [0.2, 0.25) is 0 Å². The third kappa shape index (κ3) is 4.84. The van der Waals surface area contributed by atoms with Crippen molar-refractivity contribution in [2.75, 3.05) is 26.7 Å². The topological polar surface area (TPSA) is 56.5 Å². The number of nitrogens with zero attached hydrogens (tertiary/aromatic N) is 2. The molecule has 1 N–H and O–H groups in total. The van der Waals surface area contributed by atoms with Gasteiger partial charge in [0.1, 0.15) is 5.75 Å². The zero-order valence-corrected chi connectivity index (χ0v) is 12.0. The number of benzene rings is 1. The number of aliphatic hydroxyl groups is 1. The molecular formula is C16H22N2O2. The maximum atomic E-state index is 9.85. The molecule has 1 unspecified atom stereocenters. The molecular weight excluding hydrogens is 252 g/mol. The number of likely N-dealkylation sites (N-methyl/N-ethyl adjacent to an activating group) is 1. The maximum Gasteiger partial charge on any atom is 0.120 e. The van der Waals surface area contributed by atoms with Crippen LogP contribution in [0.5, 0.6) is 5.75 Å². The summed E-state index contributed by atoms with van der Waals surface area (Å²) in [6, 6.07) is 9.30. The van der Waals surface area contributed by atoms with E-state index in [9.17, 15) is 5.11 Å². The van der Waals surface area contributed by atoms with E-state index in [1.54, 1.807) is 12.1 Å². The second kappa shape index (κ2) is 7.28. The third-order valence-corrected chi connectivity index (χ3v) is 3.58. The summed E-state index contributed by atoms with van der Waals surface area (Å²) in [4.78, 5) is 2.15. The van der Waals surface area contributed by atoms with Crippen LogP contribution >= 0.6 is 0 Å². The number of aliphatic hydroxyl groups excluding tert-OH is 1. The number of rotatable bonds is 8. The summed E-state index contributed by atoms with van der Waals surface area (Å²) in [6.45, 7) is 2.27. The number of nitriles is 1. The van der Waals surface area contributed by atoms with E-state index in [1.807, 2.05) is 19.2 Å². The Labute approximate surface area is 120 Å². The molecule has 0 radical (unpaired) electrons. The van der Waals surface area contributed by atoms with Gasteiger partial charge in [-0.3, -0.25) is 0 Å². The van der Waals surface area contributed by atoms with Crippen LogP contribution in [0.3, 0.4) is 0 Å². The molecule has 1 aromatic carbocycles. The van der Waals surface area contributed by atoms with E-state index in [-0.39, 0.29) is 6.10 Å². The molecule has 1 aliphatic rings. The summed E-state index contributed by atoms with van der Waals surface area (Å²) in [6.07, 6.45) is 3.08. The molecule has 108 valence electrons.